The van der Waals surface area contributed by atoms with Gasteiger partial charge in [0.25, 0.3) is 11.8 Å². The number of carbonyl (C=O) groups is 3. The molecule has 1 saturated heterocycles. The minimum Gasteiger partial charge on any atom is -0.338 e. The number of hydrogen-bond acceptors (Lipinski definition) is 4. The van der Waals surface area contributed by atoms with E-state index in [4.69, 9.17) is 0 Å². The molecule has 0 saturated carbocycles. The van der Waals surface area contributed by atoms with Crippen LogP contribution in [-0.2, 0) is 17.8 Å². The third-order valence-electron chi connectivity index (χ3n) is 4.62. The first-order valence-electron chi connectivity index (χ1n) is 9.04. The van der Waals surface area contributed by atoms with Crippen molar-refractivity contribution in [2.24, 2.45) is 0 Å². The van der Waals surface area contributed by atoms with Gasteiger partial charge in [0.2, 0.25) is 5.91 Å². The normalized spacial score (nSPS) is 13.7. The topological polar surface area (TPSA) is 78.5 Å². The monoisotopic (exact) mass is 385 g/mol. The second kappa shape index (κ2) is 8.35. The first-order valence-corrected chi connectivity index (χ1v) is 9.86. The van der Waals surface area contributed by atoms with Gasteiger partial charge in [0.1, 0.15) is 0 Å². The lowest BCUT2D eigenvalue weighted by Crippen LogP contribution is -2.41. The van der Waals surface area contributed by atoms with E-state index in [9.17, 15) is 14.4 Å². The molecule has 2 heterocycles. The van der Waals surface area contributed by atoms with Gasteiger partial charge < -0.3 is 4.90 Å². The van der Waals surface area contributed by atoms with Crippen molar-refractivity contribution in [3.05, 3.63) is 56.8 Å². The minimum atomic E-state index is -0.379. The molecule has 1 fully saturated rings. The maximum absolute atomic E-state index is 12.2. The van der Waals surface area contributed by atoms with Gasteiger partial charge in [-0.25, -0.2) is 0 Å². The quantitative estimate of drug-likeness (QED) is 0.777. The van der Waals surface area contributed by atoms with Crippen LogP contribution < -0.4 is 10.9 Å². The van der Waals surface area contributed by atoms with E-state index in [1.54, 1.807) is 12.1 Å². The third kappa shape index (κ3) is 4.54. The van der Waals surface area contributed by atoms with Crippen molar-refractivity contribution in [1.82, 2.24) is 15.8 Å². The van der Waals surface area contributed by atoms with Crippen LogP contribution >= 0.6 is 11.3 Å². The summed E-state index contributed by atoms with van der Waals surface area (Å²) in [4.78, 5) is 39.7. The highest BCUT2D eigenvalue weighted by atomic mass is 32.1. The van der Waals surface area contributed by atoms with Crippen LogP contribution in [0.1, 0.15) is 55.8 Å². The average molecular weight is 385 g/mol. The Morgan fingerprint density at radius 3 is 2.44 bits per heavy atom. The Morgan fingerprint density at radius 2 is 1.85 bits per heavy atom. The molecule has 3 amide bonds. The molecule has 1 aromatic heterocycles. The van der Waals surface area contributed by atoms with Gasteiger partial charge in [-0.05, 0) is 49.1 Å². The Kier molecular flexibility index (Phi) is 5.91. The van der Waals surface area contributed by atoms with E-state index >= 15 is 0 Å². The second-order valence-corrected chi connectivity index (χ2v) is 7.73. The molecule has 0 spiro atoms. The van der Waals surface area contributed by atoms with Crippen LogP contribution in [0.25, 0.3) is 0 Å². The lowest BCUT2D eigenvalue weighted by atomic mass is 10.1. The number of amides is 3. The average Bonchev–Trinajstić information content (AvgIpc) is 3.25. The molecule has 3 rings (SSSR count). The van der Waals surface area contributed by atoms with E-state index in [0.717, 1.165) is 30.5 Å². The Labute approximate surface area is 162 Å². The van der Waals surface area contributed by atoms with Crippen LogP contribution in [0.4, 0.5) is 0 Å². The molecule has 1 aliphatic rings. The molecule has 142 valence electrons. The number of aryl methyl sites for hydroxylation is 2. The Balaban J connectivity index is 1.54. The fourth-order valence-corrected chi connectivity index (χ4v) is 4.09. The zero-order chi connectivity index (χ0) is 19.4. The number of nitrogens with one attached hydrogen (secondary N) is 2. The van der Waals surface area contributed by atoms with Crippen molar-refractivity contribution >= 4 is 29.1 Å². The predicted molar refractivity (Wildman–Crippen MR) is 104 cm³/mol. The van der Waals surface area contributed by atoms with E-state index in [2.05, 4.69) is 10.9 Å². The standard InChI is InChI=1S/C20H23N3O3S/c1-3-16-13(2)11-17(27-16)20(26)22-21-19(25)15-8-6-14(7-9-15)12-23-10-4-5-18(23)24/h6-9,11H,3-5,10,12H2,1-2H3,(H,21,25)(H,22,26). The lowest BCUT2D eigenvalue weighted by molar-refractivity contribution is -0.128. The lowest BCUT2D eigenvalue weighted by Gasteiger charge is -2.15. The van der Waals surface area contributed by atoms with Crippen LogP contribution in [-0.4, -0.2) is 29.2 Å². The summed E-state index contributed by atoms with van der Waals surface area (Å²) in [5, 5.41) is 0. The predicted octanol–water partition coefficient (Wildman–Crippen LogP) is 2.82. The highest BCUT2D eigenvalue weighted by Crippen LogP contribution is 2.22. The molecule has 2 N–H and O–H groups in total. The van der Waals surface area contributed by atoms with Gasteiger partial charge in [-0.2, -0.15) is 0 Å². The maximum atomic E-state index is 12.2. The molecule has 27 heavy (non-hydrogen) atoms. The van der Waals surface area contributed by atoms with Crippen molar-refractivity contribution in [3.63, 3.8) is 0 Å². The summed E-state index contributed by atoms with van der Waals surface area (Å²) in [5.74, 6) is -0.522. The van der Waals surface area contributed by atoms with Gasteiger partial charge in [-0.3, -0.25) is 25.2 Å². The molecule has 1 aliphatic heterocycles. The summed E-state index contributed by atoms with van der Waals surface area (Å²) >= 11 is 1.44. The number of likely N-dealkylation sites (tertiary alicyclic amines) is 1. The molecule has 2 aromatic rings. The van der Waals surface area contributed by atoms with Crippen molar-refractivity contribution in [1.29, 1.82) is 0 Å². The van der Waals surface area contributed by atoms with Gasteiger partial charge in [-0.15, -0.1) is 11.3 Å². The van der Waals surface area contributed by atoms with Crippen molar-refractivity contribution in [2.45, 2.75) is 39.7 Å². The molecule has 6 nitrogen and oxygen atoms in total. The summed E-state index contributed by atoms with van der Waals surface area (Å²) in [6.45, 7) is 5.37. The third-order valence-corrected chi connectivity index (χ3v) is 6.00. The van der Waals surface area contributed by atoms with Crippen molar-refractivity contribution in [2.75, 3.05) is 6.54 Å². The molecular weight excluding hydrogens is 362 g/mol. The highest BCUT2D eigenvalue weighted by Gasteiger charge is 2.20. The van der Waals surface area contributed by atoms with E-state index in [1.165, 1.54) is 16.2 Å². The van der Waals surface area contributed by atoms with Gasteiger partial charge >= 0.3 is 0 Å². The zero-order valence-electron chi connectivity index (χ0n) is 15.5. The van der Waals surface area contributed by atoms with Gasteiger partial charge in [-0.1, -0.05) is 19.1 Å². The minimum absolute atomic E-state index is 0.176. The largest absolute Gasteiger partial charge is 0.338 e. The molecule has 0 radical (unpaired) electrons. The first kappa shape index (κ1) is 19.1. The number of hydrogen-bond donors (Lipinski definition) is 2. The molecule has 0 unspecified atom stereocenters. The molecule has 1 aromatic carbocycles. The zero-order valence-corrected chi connectivity index (χ0v) is 16.3. The van der Waals surface area contributed by atoms with Crippen LogP contribution in [0.15, 0.2) is 30.3 Å². The summed E-state index contributed by atoms with van der Waals surface area (Å²) < 4.78 is 0. The number of nitrogens with zero attached hydrogens (tertiary/aromatic N) is 1. The van der Waals surface area contributed by atoms with E-state index in [1.807, 2.05) is 36.9 Å². The maximum Gasteiger partial charge on any atom is 0.279 e. The Bertz CT molecular complexity index is 858. The number of carbonyl (C=O) groups excluding carboxylic acids is 3. The van der Waals surface area contributed by atoms with Crippen LogP contribution in [0.3, 0.4) is 0 Å². The summed E-state index contributed by atoms with van der Waals surface area (Å²) in [6, 6.07) is 8.89. The van der Waals surface area contributed by atoms with Crippen molar-refractivity contribution in [3.8, 4) is 0 Å². The molecule has 7 heteroatoms. The summed E-state index contributed by atoms with van der Waals surface area (Å²) in [5.41, 5.74) is 7.42. The number of rotatable bonds is 5. The number of benzene rings is 1. The van der Waals surface area contributed by atoms with Crippen LogP contribution in [0, 0.1) is 6.92 Å². The molecule has 0 bridgehead atoms. The molecular formula is C20H23N3O3S. The number of thiophene rings is 1. The van der Waals surface area contributed by atoms with Gasteiger partial charge in [0.05, 0.1) is 4.88 Å². The fraction of sp³-hybridized carbons (Fsp3) is 0.350. The van der Waals surface area contributed by atoms with E-state index in [-0.39, 0.29) is 17.7 Å². The SMILES string of the molecule is CCc1sc(C(=O)NNC(=O)c2ccc(CN3CCCC3=O)cc2)cc1C. The number of hydrazine groups is 1. The van der Waals surface area contributed by atoms with Crippen molar-refractivity contribution < 1.29 is 14.4 Å². The van der Waals surface area contributed by atoms with Gasteiger partial charge in [0, 0.05) is 30.0 Å². The van der Waals surface area contributed by atoms with Gasteiger partial charge in [0.15, 0.2) is 0 Å². The summed E-state index contributed by atoms with van der Waals surface area (Å²) in [7, 11) is 0. The smallest absolute Gasteiger partial charge is 0.279 e. The Morgan fingerprint density at radius 1 is 1.15 bits per heavy atom. The second-order valence-electron chi connectivity index (χ2n) is 6.59. The van der Waals surface area contributed by atoms with Crippen LogP contribution in [0.2, 0.25) is 0 Å². The first-order chi connectivity index (χ1) is 13.0. The summed E-state index contributed by atoms with van der Waals surface area (Å²) in [6.07, 6.45) is 2.40. The Hall–Kier alpha value is -2.67. The molecule has 0 atom stereocenters. The van der Waals surface area contributed by atoms with E-state index < -0.39 is 0 Å². The fourth-order valence-electron chi connectivity index (χ4n) is 3.08. The highest BCUT2D eigenvalue weighted by molar-refractivity contribution is 7.14. The van der Waals surface area contributed by atoms with Crippen LogP contribution in [0.5, 0.6) is 0 Å². The molecule has 0 aliphatic carbocycles. The van der Waals surface area contributed by atoms with E-state index in [0.29, 0.717) is 23.4 Å².